The lowest BCUT2D eigenvalue weighted by Crippen LogP contribution is -2.24. The molecule has 1 amide bonds. The quantitative estimate of drug-likeness (QED) is 0.890. The smallest absolute Gasteiger partial charge is 0.267 e. The van der Waals surface area contributed by atoms with Crippen molar-refractivity contribution in [1.82, 2.24) is 9.97 Å². The first-order valence-corrected chi connectivity index (χ1v) is 7.43. The van der Waals surface area contributed by atoms with Crippen LogP contribution in [0.25, 0.3) is 11.3 Å². The molecule has 1 aromatic heterocycles. The molecule has 1 heterocycles. The molecule has 2 aromatic rings. The summed E-state index contributed by atoms with van der Waals surface area (Å²) in [6, 6.07) is 11.3. The zero-order chi connectivity index (χ0) is 16.1. The Labute approximate surface area is 131 Å². The lowest BCUT2D eigenvalue weighted by molar-refractivity contribution is 0.0995. The standard InChI is InChI=1S/C17H22N4O/c1-12(2)9-10-21(3)17-19-14(11-15(20-17)16(18)22)13-7-5-4-6-8-13/h4-8,11-12H,9-10H2,1-3H3,(H2,18,22). The summed E-state index contributed by atoms with van der Waals surface area (Å²) >= 11 is 0. The van der Waals surface area contributed by atoms with Gasteiger partial charge in [0.2, 0.25) is 5.95 Å². The van der Waals surface area contributed by atoms with Crippen molar-refractivity contribution in [2.45, 2.75) is 20.3 Å². The molecule has 0 atom stereocenters. The number of aromatic nitrogens is 2. The van der Waals surface area contributed by atoms with E-state index in [9.17, 15) is 4.79 Å². The second kappa shape index (κ2) is 7.02. The van der Waals surface area contributed by atoms with Crippen LogP contribution in [0.1, 0.15) is 30.8 Å². The highest BCUT2D eigenvalue weighted by atomic mass is 16.1. The monoisotopic (exact) mass is 298 g/mol. The second-order valence-corrected chi connectivity index (χ2v) is 5.77. The van der Waals surface area contributed by atoms with E-state index in [1.807, 2.05) is 42.3 Å². The van der Waals surface area contributed by atoms with Gasteiger partial charge in [0.25, 0.3) is 5.91 Å². The van der Waals surface area contributed by atoms with E-state index < -0.39 is 5.91 Å². The minimum absolute atomic E-state index is 0.236. The Bertz CT molecular complexity index is 640. The van der Waals surface area contributed by atoms with Crippen molar-refractivity contribution < 1.29 is 4.79 Å². The van der Waals surface area contributed by atoms with Gasteiger partial charge in [0.15, 0.2) is 0 Å². The minimum atomic E-state index is -0.543. The molecule has 22 heavy (non-hydrogen) atoms. The highest BCUT2D eigenvalue weighted by Gasteiger charge is 2.13. The number of hydrogen-bond acceptors (Lipinski definition) is 4. The van der Waals surface area contributed by atoms with E-state index in [2.05, 4.69) is 23.8 Å². The first-order valence-electron chi connectivity index (χ1n) is 7.43. The van der Waals surface area contributed by atoms with Gasteiger partial charge in [0.05, 0.1) is 5.69 Å². The van der Waals surface area contributed by atoms with E-state index in [0.29, 0.717) is 17.6 Å². The van der Waals surface area contributed by atoms with Crippen LogP contribution in [0.2, 0.25) is 0 Å². The molecular weight excluding hydrogens is 276 g/mol. The fourth-order valence-electron chi connectivity index (χ4n) is 2.04. The van der Waals surface area contributed by atoms with Crippen LogP contribution in [-0.2, 0) is 0 Å². The number of hydrogen-bond donors (Lipinski definition) is 1. The first-order chi connectivity index (χ1) is 10.5. The van der Waals surface area contributed by atoms with Crippen molar-refractivity contribution in [1.29, 1.82) is 0 Å². The van der Waals surface area contributed by atoms with Crippen LogP contribution in [-0.4, -0.2) is 29.5 Å². The van der Waals surface area contributed by atoms with Gasteiger partial charge in [0.1, 0.15) is 5.69 Å². The van der Waals surface area contributed by atoms with Crippen molar-refractivity contribution in [3.63, 3.8) is 0 Å². The van der Waals surface area contributed by atoms with Crippen LogP contribution < -0.4 is 10.6 Å². The maximum Gasteiger partial charge on any atom is 0.267 e. The van der Waals surface area contributed by atoms with Gasteiger partial charge in [-0.1, -0.05) is 44.2 Å². The minimum Gasteiger partial charge on any atom is -0.364 e. The maximum absolute atomic E-state index is 11.5. The Balaban J connectivity index is 2.37. The molecule has 0 saturated heterocycles. The Morgan fingerprint density at radius 3 is 2.50 bits per heavy atom. The van der Waals surface area contributed by atoms with E-state index >= 15 is 0 Å². The van der Waals surface area contributed by atoms with Crippen molar-refractivity contribution in [2.24, 2.45) is 11.7 Å². The summed E-state index contributed by atoms with van der Waals surface area (Å²) in [6.45, 7) is 5.17. The van der Waals surface area contributed by atoms with Crippen molar-refractivity contribution in [2.75, 3.05) is 18.5 Å². The zero-order valence-corrected chi connectivity index (χ0v) is 13.3. The first kappa shape index (κ1) is 15.9. The number of rotatable bonds is 6. The van der Waals surface area contributed by atoms with Crippen LogP contribution in [0.3, 0.4) is 0 Å². The number of amides is 1. The number of anilines is 1. The lowest BCUT2D eigenvalue weighted by atomic mass is 10.1. The SMILES string of the molecule is CC(C)CCN(C)c1nc(C(N)=O)cc(-c2ccccc2)n1. The average molecular weight is 298 g/mol. The summed E-state index contributed by atoms with van der Waals surface area (Å²) in [4.78, 5) is 22.3. The summed E-state index contributed by atoms with van der Waals surface area (Å²) in [6.07, 6.45) is 1.03. The van der Waals surface area contributed by atoms with Crippen molar-refractivity contribution >= 4 is 11.9 Å². The second-order valence-electron chi connectivity index (χ2n) is 5.77. The van der Waals surface area contributed by atoms with Gasteiger partial charge >= 0.3 is 0 Å². The summed E-state index contributed by atoms with van der Waals surface area (Å²) in [5.41, 5.74) is 7.28. The van der Waals surface area contributed by atoms with Crippen LogP contribution >= 0.6 is 0 Å². The molecule has 5 nitrogen and oxygen atoms in total. The normalized spacial score (nSPS) is 10.7. The fourth-order valence-corrected chi connectivity index (χ4v) is 2.04. The van der Waals surface area contributed by atoms with Crippen LogP contribution in [0.5, 0.6) is 0 Å². The highest BCUT2D eigenvalue weighted by molar-refractivity contribution is 5.92. The maximum atomic E-state index is 11.5. The van der Waals surface area contributed by atoms with E-state index in [0.717, 1.165) is 18.5 Å². The van der Waals surface area contributed by atoms with Gasteiger partial charge in [-0.25, -0.2) is 9.97 Å². The summed E-state index contributed by atoms with van der Waals surface area (Å²) < 4.78 is 0. The Hall–Kier alpha value is -2.43. The van der Waals surface area contributed by atoms with E-state index in [4.69, 9.17) is 5.73 Å². The van der Waals surface area contributed by atoms with Gasteiger partial charge < -0.3 is 10.6 Å². The predicted molar refractivity (Wildman–Crippen MR) is 88.7 cm³/mol. The third kappa shape index (κ3) is 4.04. The molecular formula is C17H22N4O. The average Bonchev–Trinajstić information content (AvgIpc) is 2.52. The molecule has 1 aromatic carbocycles. The Kier molecular flexibility index (Phi) is 5.09. The lowest BCUT2D eigenvalue weighted by Gasteiger charge is -2.19. The van der Waals surface area contributed by atoms with Crippen molar-refractivity contribution in [3.05, 3.63) is 42.1 Å². The largest absolute Gasteiger partial charge is 0.364 e. The molecule has 2 N–H and O–H groups in total. The highest BCUT2D eigenvalue weighted by Crippen LogP contribution is 2.20. The van der Waals surface area contributed by atoms with E-state index in [1.165, 1.54) is 0 Å². The Morgan fingerprint density at radius 2 is 1.91 bits per heavy atom. The molecule has 0 unspecified atom stereocenters. The number of benzene rings is 1. The molecule has 0 aliphatic carbocycles. The van der Waals surface area contributed by atoms with Crippen molar-refractivity contribution in [3.8, 4) is 11.3 Å². The number of carbonyl (C=O) groups excluding carboxylic acids is 1. The predicted octanol–water partition coefficient (Wildman–Crippen LogP) is 2.72. The van der Waals surface area contributed by atoms with Gasteiger partial charge in [-0.05, 0) is 18.4 Å². The third-order valence-electron chi connectivity index (χ3n) is 3.42. The van der Waals surface area contributed by atoms with Gasteiger partial charge in [0, 0.05) is 19.2 Å². The fraction of sp³-hybridized carbons (Fsp3) is 0.353. The van der Waals surface area contributed by atoms with Crippen LogP contribution in [0.4, 0.5) is 5.95 Å². The molecule has 0 fully saturated rings. The molecule has 0 spiro atoms. The topological polar surface area (TPSA) is 72.1 Å². The van der Waals surface area contributed by atoms with Gasteiger partial charge in [-0.3, -0.25) is 4.79 Å². The van der Waals surface area contributed by atoms with E-state index in [-0.39, 0.29) is 5.69 Å². The summed E-state index contributed by atoms with van der Waals surface area (Å²) in [7, 11) is 1.93. The summed E-state index contributed by atoms with van der Waals surface area (Å²) in [5.74, 6) is 0.573. The number of carbonyl (C=O) groups is 1. The molecule has 2 rings (SSSR count). The molecule has 0 radical (unpaired) electrons. The molecule has 0 bridgehead atoms. The number of primary amides is 1. The summed E-state index contributed by atoms with van der Waals surface area (Å²) in [5, 5.41) is 0. The molecule has 0 aliphatic rings. The van der Waals surface area contributed by atoms with Gasteiger partial charge in [-0.15, -0.1) is 0 Å². The van der Waals surface area contributed by atoms with Crippen LogP contribution in [0.15, 0.2) is 36.4 Å². The number of nitrogens with two attached hydrogens (primary N) is 1. The molecule has 116 valence electrons. The van der Waals surface area contributed by atoms with E-state index in [1.54, 1.807) is 6.07 Å². The third-order valence-corrected chi connectivity index (χ3v) is 3.42. The number of nitrogens with zero attached hydrogens (tertiary/aromatic N) is 3. The molecule has 0 saturated carbocycles. The molecule has 5 heteroatoms. The molecule has 0 aliphatic heterocycles. The van der Waals surface area contributed by atoms with Crippen LogP contribution in [0, 0.1) is 5.92 Å². The zero-order valence-electron chi connectivity index (χ0n) is 13.3. The van der Waals surface area contributed by atoms with Gasteiger partial charge in [-0.2, -0.15) is 0 Å². The Morgan fingerprint density at radius 1 is 1.23 bits per heavy atom.